The molecule has 0 aliphatic heterocycles. The first kappa shape index (κ1) is 20.1. The van der Waals surface area contributed by atoms with Crippen LogP contribution in [0.1, 0.15) is 40.9 Å². The molecule has 0 bridgehead atoms. The van der Waals surface area contributed by atoms with Crippen LogP contribution in [0.2, 0.25) is 0 Å². The van der Waals surface area contributed by atoms with Gasteiger partial charge in [0, 0.05) is 30.5 Å². The lowest BCUT2D eigenvalue weighted by Gasteiger charge is -2.25. The van der Waals surface area contributed by atoms with Crippen molar-refractivity contribution in [3.63, 3.8) is 0 Å². The van der Waals surface area contributed by atoms with Crippen LogP contribution in [0.3, 0.4) is 0 Å². The predicted molar refractivity (Wildman–Crippen MR) is 107 cm³/mol. The van der Waals surface area contributed by atoms with Crippen molar-refractivity contribution >= 4 is 23.2 Å². The number of nitrogens with zero attached hydrogens (tertiary/aromatic N) is 1. The lowest BCUT2D eigenvalue weighted by molar-refractivity contribution is -0.121. The van der Waals surface area contributed by atoms with Crippen LogP contribution in [0.15, 0.2) is 41.1 Å². The van der Waals surface area contributed by atoms with E-state index in [1.807, 2.05) is 19.5 Å². The van der Waals surface area contributed by atoms with Crippen molar-refractivity contribution in [2.45, 2.75) is 25.8 Å². The second-order valence-electron chi connectivity index (χ2n) is 6.40. The zero-order chi connectivity index (χ0) is 18.9. The molecule has 0 saturated carbocycles. The maximum Gasteiger partial charge on any atom is 0.252 e. The number of benzene rings is 1. The molecule has 1 atom stereocenters. The van der Waals surface area contributed by atoms with Crippen LogP contribution in [-0.2, 0) is 11.2 Å². The van der Waals surface area contributed by atoms with Crippen molar-refractivity contribution < 1.29 is 9.59 Å². The average Bonchev–Trinajstić information content (AvgIpc) is 3.17. The third-order valence-corrected chi connectivity index (χ3v) is 4.99. The molecule has 0 aliphatic rings. The van der Waals surface area contributed by atoms with E-state index >= 15 is 0 Å². The molecule has 1 heterocycles. The van der Waals surface area contributed by atoms with Crippen molar-refractivity contribution in [1.29, 1.82) is 0 Å². The molecular weight excluding hydrogens is 346 g/mol. The summed E-state index contributed by atoms with van der Waals surface area (Å²) in [7, 11) is 4.01. The highest BCUT2D eigenvalue weighted by molar-refractivity contribution is 7.08. The molecule has 5 nitrogen and oxygen atoms in total. The Labute approximate surface area is 159 Å². The second-order valence-corrected chi connectivity index (χ2v) is 7.18. The molecule has 0 saturated heterocycles. The average molecular weight is 374 g/mol. The Morgan fingerprint density at radius 3 is 2.42 bits per heavy atom. The number of aryl methyl sites for hydroxylation is 1. The quantitative estimate of drug-likeness (QED) is 0.710. The van der Waals surface area contributed by atoms with Gasteiger partial charge < -0.3 is 15.5 Å². The molecule has 1 aromatic carbocycles. The van der Waals surface area contributed by atoms with Crippen molar-refractivity contribution in [3.05, 3.63) is 57.8 Å². The van der Waals surface area contributed by atoms with Crippen molar-refractivity contribution in [3.8, 4) is 0 Å². The first-order valence-corrected chi connectivity index (χ1v) is 9.78. The van der Waals surface area contributed by atoms with Gasteiger partial charge in [-0.3, -0.25) is 9.59 Å². The molecule has 0 spiro atoms. The van der Waals surface area contributed by atoms with Crippen molar-refractivity contribution in [2.75, 3.05) is 27.2 Å². The zero-order valence-electron chi connectivity index (χ0n) is 15.6. The van der Waals surface area contributed by atoms with Gasteiger partial charge in [0.2, 0.25) is 5.91 Å². The summed E-state index contributed by atoms with van der Waals surface area (Å²) in [5.41, 5.74) is 3.12. The number of thiophene rings is 1. The molecule has 2 aromatic rings. The third kappa shape index (κ3) is 5.97. The molecule has 1 unspecified atom stereocenters. The zero-order valence-corrected chi connectivity index (χ0v) is 16.4. The molecule has 1 aromatic heterocycles. The fourth-order valence-electron chi connectivity index (χ4n) is 2.66. The molecular formula is C20H27N3O2S. The SMILES string of the molecule is CCc1ccc(C(CNC(=O)CCNC(=O)c2ccsc2)N(C)C)cc1. The lowest BCUT2D eigenvalue weighted by Crippen LogP contribution is -2.36. The van der Waals surface area contributed by atoms with Gasteiger partial charge in [-0.2, -0.15) is 11.3 Å². The largest absolute Gasteiger partial charge is 0.354 e. The van der Waals surface area contributed by atoms with E-state index < -0.39 is 0 Å². The number of amides is 2. The van der Waals surface area contributed by atoms with Gasteiger partial charge in [-0.15, -0.1) is 0 Å². The Bertz CT molecular complexity index is 696. The maximum atomic E-state index is 12.1. The summed E-state index contributed by atoms with van der Waals surface area (Å²) in [6.07, 6.45) is 1.28. The number of nitrogens with one attached hydrogen (secondary N) is 2. The number of carbonyl (C=O) groups is 2. The molecule has 0 aliphatic carbocycles. The minimum atomic E-state index is -0.138. The van der Waals surface area contributed by atoms with Gasteiger partial charge in [-0.25, -0.2) is 0 Å². The van der Waals surface area contributed by atoms with Gasteiger partial charge in [0.1, 0.15) is 0 Å². The highest BCUT2D eigenvalue weighted by Crippen LogP contribution is 2.18. The summed E-state index contributed by atoms with van der Waals surface area (Å²) in [4.78, 5) is 26.0. The Morgan fingerprint density at radius 1 is 1.12 bits per heavy atom. The lowest BCUT2D eigenvalue weighted by atomic mass is 10.0. The highest BCUT2D eigenvalue weighted by Gasteiger charge is 2.15. The van der Waals surface area contributed by atoms with Crippen LogP contribution >= 0.6 is 11.3 Å². The van der Waals surface area contributed by atoms with E-state index in [9.17, 15) is 9.59 Å². The topological polar surface area (TPSA) is 61.4 Å². The first-order chi connectivity index (χ1) is 12.5. The smallest absolute Gasteiger partial charge is 0.252 e. The van der Waals surface area contributed by atoms with Crippen LogP contribution in [0, 0.1) is 0 Å². The number of hydrogen-bond donors (Lipinski definition) is 2. The first-order valence-electron chi connectivity index (χ1n) is 8.83. The molecule has 2 rings (SSSR count). The molecule has 6 heteroatoms. The van der Waals surface area contributed by atoms with E-state index in [2.05, 4.69) is 46.7 Å². The van der Waals surface area contributed by atoms with Gasteiger partial charge in [-0.1, -0.05) is 31.2 Å². The molecule has 0 radical (unpaired) electrons. The molecule has 140 valence electrons. The van der Waals surface area contributed by atoms with E-state index in [4.69, 9.17) is 0 Å². The Balaban J connectivity index is 1.78. The minimum absolute atomic E-state index is 0.0624. The van der Waals surface area contributed by atoms with Gasteiger partial charge >= 0.3 is 0 Å². The summed E-state index contributed by atoms with van der Waals surface area (Å²) < 4.78 is 0. The van der Waals surface area contributed by atoms with Crippen LogP contribution in [-0.4, -0.2) is 43.9 Å². The van der Waals surface area contributed by atoms with Crippen molar-refractivity contribution in [2.24, 2.45) is 0 Å². The van der Waals surface area contributed by atoms with Gasteiger partial charge in [0.05, 0.1) is 6.04 Å². The number of carbonyl (C=O) groups excluding carboxylic acids is 2. The number of rotatable bonds is 9. The minimum Gasteiger partial charge on any atom is -0.354 e. The second kappa shape index (κ2) is 10.1. The predicted octanol–water partition coefficient (Wildman–Crippen LogP) is 2.85. The fourth-order valence-corrected chi connectivity index (χ4v) is 3.29. The van der Waals surface area contributed by atoms with Crippen LogP contribution in [0.5, 0.6) is 0 Å². The van der Waals surface area contributed by atoms with Crippen LogP contribution in [0.25, 0.3) is 0 Å². The van der Waals surface area contributed by atoms with Gasteiger partial charge in [-0.05, 0) is 43.1 Å². The third-order valence-electron chi connectivity index (χ3n) is 4.31. The normalized spacial score (nSPS) is 12.0. The van der Waals surface area contributed by atoms with E-state index in [1.165, 1.54) is 22.5 Å². The van der Waals surface area contributed by atoms with Crippen molar-refractivity contribution in [1.82, 2.24) is 15.5 Å². The fraction of sp³-hybridized carbons (Fsp3) is 0.400. The molecule has 26 heavy (non-hydrogen) atoms. The number of hydrogen-bond acceptors (Lipinski definition) is 4. The Kier molecular flexibility index (Phi) is 7.81. The maximum absolute atomic E-state index is 12.1. The monoisotopic (exact) mass is 373 g/mol. The van der Waals surface area contributed by atoms with E-state index in [0.717, 1.165) is 6.42 Å². The summed E-state index contributed by atoms with van der Waals surface area (Å²) in [6.45, 7) is 3.00. The standard InChI is InChI=1S/C20H27N3O2S/c1-4-15-5-7-16(8-6-15)18(23(2)3)13-22-19(24)9-11-21-20(25)17-10-12-26-14-17/h5-8,10,12,14,18H,4,9,11,13H2,1-3H3,(H,21,25)(H,22,24). The number of likely N-dealkylation sites (N-methyl/N-ethyl adjacent to an activating group) is 1. The summed E-state index contributed by atoms with van der Waals surface area (Å²) >= 11 is 1.48. The van der Waals surface area contributed by atoms with E-state index in [0.29, 0.717) is 18.7 Å². The van der Waals surface area contributed by atoms with Crippen LogP contribution in [0.4, 0.5) is 0 Å². The molecule has 2 amide bonds. The van der Waals surface area contributed by atoms with E-state index in [1.54, 1.807) is 11.4 Å². The van der Waals surface area contributed by atoms with Crippen LogP contribution < -0.4 is 10.6 Å². The summed E-state index contributed by atoms with van der Waals surface area (Å²) in [6, 6.07) is 10.4. The summed E-state index contributed by atoms with van der Waals surface area (Å²) in [5.74, 6) is -0.200. The highest BCUT2D eigenvalue weighted by atomic mass is 32.1. The molecule has 0 fully saturated rings. The van der Waals surface area contributed by atoms with Gasteiger partial charge in [0.15, 0.2) is 0 Å². The molecule has 2 N–H and O–H groups in total. The van der Waals surface area contributed by atoms with Gasteiger partial charge in [0.25, 0.3) is 5.91 Å². The summed E-state index contributed by atoms with van der Waals surface area (Å²) in [5, 5.41) is 9.39. The Hall–Kier alpha value is -2.18. The van der Waals surface area contributed by atoms with E-state index in [-0.39, 0.29) is 24.3 Å². The Morgan fingerprint density at radius 2 is 1.85 bits per heavy atom.